The molecule has 44 heavy (non-hydrogen) atoms. The molecule has 0 saturated carbocycles. The Kier molecular flexibility index (Phi) is 8.62. The third-order valence-electron chi connectivity index (χ3n) is 8.36. The van der Waals surface area contributed by atoms with E-state index >= 15 is 0 Å². The summed E-state index contributed by atoms with van der Waals surface area (Å²) in [7, 11) is -1.97. The quantitative estimate of drug-likeness (QED) is 0.483. The van der Waals surface area contributed by atoms with Gasteiger partial charge in [0.2, 0.25) is 10.0 Å². The first-order chi connectivity index (χ1) is 20.7. The number of likely N-dealkylation sites (tertiary alicyclic amines) is 1. The molecule has 1 unspecified atom stereocenters. The number of nitrogens with one attached hydrogen (secondary N) is 2. The molecule has 2 aromatic rings. The summed E-state index contributed by atoms with van der Waals surface area (Å²) in [6.45, 7) is 5.05. The highest BCUT2D eigenvalue weighted by molar-refractivity contribution is 7.92. The Hall–Kier alpha value is -3.75. The van der Waals surface area contributed by atoms with E-state index in [9.17, 15) is 31.2 Å². The Bertz CT molecular complexity index is 1610. The van der Waals surface area contributed by atoms with Crippen molar-refractivity contribution in [3.63, 3.8) is 0 Å². The average molecular weight is 634 g/mol. The molecular formula is C30H34F3N5O5S. The number of carbonyl (C=O) groups excluding carboxylic acids is 2. The van der Waals surface area contributed by atoms with E-state index in [0.717, 1.165) is 35.1 Å². The zero-order valence-electron chi connectivity index (χ0n) is 24.6. The van der Waals surface area contributed by atoms with Gasteiger partial charge in [0.05, 0.1) is 0 Å². The fourth-order valence-electron chi connectivity index (χ4n) is 5.91. The molecule has 2 N–H and O–H groups in total. The lowest BCUT2D eigenvalue weighted by Crippen LogP contribution is -2.50. The van der Waals surface area contributed by atoms with E-state index in [0.29, 0.717) is 24.2 Å². The Balaban J connectivity index is 1.26. The molecule has 1 atom stereocenters. The second-order valence-corrected chi connectivity index (χ2v) is 13.1. The number of ether oxygens (including phenoxy) is 1. The van der Waals surface area contributed by atoms with Gasteiger partial charge in [-0.2, -0.15) is 4.31 Å². The highest BCUT2D eigenvalue weighted by Gasteiger charge is 2.47. The molecule has 0 aromatic heterocycles. The molecule has 2 fully saturated rings. The summed E-state index contributed by atoms with van der Waals surface area (Å²) in [6, 6.07) is 8.97. The van der Waals surface area contributed by atoms with Crippen molar-refractivity contribution in [2.45, 2.75) is 51.1 Å². The summed E-state index contributed by atoms with van der Waals surface area (Å²) >= 11 is 0. The van der Waals surface area contributed by atoms with Gasteiger partial charge in [-0.1, -0.05) is 12.1 Å². The maximum atomic E-state index is 13.2. The molecule has 236 valence electrons. The number of hydrogen-bond acceptors (Lipinski definition) is 7. The van der Waals surface area contributed by atoms with Crippen molar-refractivity contribution in [1.29, 1.82) is 0 Å². The molecule has 5 rings (SSSR count). The monoisotopic (exact) mass is 633 g/mol. The second kappa shape index (κ2) is 12.0. The Morgan fingerprint density at radius 1 is 1.14 bits per heavy atom. The lowest BCUT2D eigenvalue weighted by Gasteiger charge is -2.34. The zero-order valence-corrected chi connectivity index (χ0v) is 25.4. The summed E-state index contributed by atoms with van der Waals surface area (Å²) in [6.07, 6.45) is -2.23. The summed E-state index contributed by atoms with van der Waals surface area (Å²) in [5, 5.41) is 6.96. The van der Waals surface area contributed by atoms with Crippen LogP contribution in [-0.2, 0) is 14.8 Å². The number of nitrogens with zero attached hydrogens (tertiary/aromatic N) is 3. The van der Waals surface area contributed by atoms with Crippen LogP contribution < -0.4 is 15.4 Å². The number of benzene rings is 2. The van der Waals surface area contributed by atoms with Crippen LogP contribution in [0.25, 0.3) is 6.08 Å². The summed E-state index contributed by atoms with van der Waals surface area (Å²) in [5.41, 5.74) is 1.84. The molecule has 3 heterocycles. The number of sulfonamides is 1. The van der Waals surface area contributed by atoms with Crippen LogP contribution in [0.15, 0.2) is 46.8 Å². The van der Waals surface area contributed by atoms with Gasteiger partial charge in [-0.05, 0) is 87.2 Å². The minimum Gasteiger partial charge on any atom is -0.406 e. The fraction of sp³-hybridized carbons (Fsp3) is 0.433. The molecule has 0 bridgehead atoms. The number of amides is 2. The topological polar surface area (TPSA) is 120 Å². The summed E-state index contributed by atoms with van der Waals surface area (Å²) in [4.78, 5) is 32.3. The molecule has 0 radical (unpaired) electrons. The molecule has 1 spiro atoms. The highest BCUT2D eigenvalue weighted by Crippen LogP contribution is 2.33. The first-order valence-corrected chi connectivity index (χ1v) is 15.7. The Labute approximate surface area is 254 Å². The summed E-state index contributed by atoms with van der Waals surface area (Å²) < 4.78 is 69.7. The fourth-order valence-corrected chi connectivity index (χ4v) is 7.08. The molecule has 3 aliphatic heterocycles. The van der Waals surface area contributed by atoms with Crippen LogP contribution in [0, 0.1) is 13.8 Å². The van der Waals surface area contributed by atoms with Crippen LogP contribution in [0.5, 0.6) is 5.75 Å². The van der Waals surface area contributed by atoms with Crippen molar-refractivity contribution in [3.05, 3.63) is 69.6 Å². The number of piperidine rings is 1. The third kappa shape index (κ3) is 6.66. The van der Waals surface area contributed by atoms with Crippen molar-refractivity contribution in [2.24, 2.45) is 4.99 Å². The molecular weight excluding hydrogens is 599 g/mol. The van der Waals surface area contributed by atoms with Crippen molar-refractivity contribution in [2.75, 3.05) is 33.2 Å². The van der Waals surface area contributed by atoms with E-state index in [1.807, 2.05) is 25.8 Å². The van der Waals surface area contributed by atoms with E-state index in [1.54, 1.807) is 12.1 Å². The van der Waals surface area contributed by atoms with Gasteiger partial charge < -0.3 is 20.3 Å². The van der Waals surface area contributed by atoms with E-state index in [-0.39, 0.29) is 49.3 Å². The lowest BCUT2D eigenvalue weighted by atomic mass is 9.89. The van der Waals surface area contributed by atoms with Crippen molar-refractivity contribution in [3.8, 4) is 5.75 Å². The predicted octanol–water partition coefficient (Wildman–Crippen LogP) is 3.35. The number of aryl methyl sites for hydroxylation is 2. The van der Waals surface area contributed by atoms with Crippen LogP contribution in [0.4, 0.5) is 13.2 Å². The van der Waals surface area contributed by atoms with Gasteiger partial charge in [-0.3, -0.25) is 14.6 Å². The Morgan fingerprint density at radius 2 is 1.82 bits per heavy atom. The molecule has 10 nitrogen and oxygen atoms in total. The van der Waals surface area contributed by atoms with Gasteiger partial charge in [0.1, 0.15) is 17.1 Å². The predicted molar refractivity (Wildman–Crippen MR) is 159 cm³/mol. The number of carbonyl (C=O) groups is 2. The van der Waals surface area contributed by atoms with Gasteiger partial charge in [0.15, 0.2) is 0 Å². The van der Waals surface area contributed by atoms with Crippen molar-refractivity contribution < 1.29 is 35.9 Å². The number of likely N-dealkylation sites (N-methyl/N-ethyl adjacent to an activating group) is 1. The number of halogens is 3. The Morgan fingerprint density at radius 3 is 2.43 bits per heavy atom. The molecule has 2 aromatic carbocycles. The SMILES string of the molecule is CNC1CCN(C(=O)c2cc(C)c(C=CS(=O)(=O)N3CCC4(CC3)N=C(c3cccc(OC(F)(F)F)c3)NC4=O)c(C)c2)C1. The summed E-state index contributed by atoms with van der Waals surface area (Å²) in [5.74, 6) is -0.818. The van der Waals surface area contributed by atoms with Crippen LogP contribution in [0.1, 0.15) is 51.9 Å². The largest absolute Gasteiger partial charge is 0.573 e. The normalized spacial score (nSPS) is 20.8. The minimum atomic E-state index is -4.86. The molecule has 14 heteroatoms. The second-order valence-electron chi connectivity index (χ2n) is 11.3. The highest BCUT2D eigenvalue weighted by atomic mass is 32.2. The maximum absolute atomic E-state index is 13.2. The van der Waals surface area contributed by atoms with Gasteiger partial charge in [-0.25, -0.2) is 8.42 Å². The smallest absolute Gasteiger partial charge is 0.406 e. The number of rotatable bonds is 7. The van der Waals surface area contributed by atoms with Gasteiger partial charge in [-0.15, -0.1) is 13.2 Å². The van der Waals surface area contributed by atoms with Crippen molar-refractivity contribution >= 4 is 33.7 Å². The minimum absolute atomic E-state index is 0.0307. The maximum Gasteiger partial charge on any atom is 0.573 e. The van der Waals surface area contributed by atoms with E-state index in [1.165, 1.54) is 22.5 Å². The van der Waals surface area contributed by atoms with Gasteiger partial charge in [0, 0.05) is 48.8 Å². The van der Waals surface area contributed by atoms with Gasteiger partial charge >= 0.3 is 6.36 Å². The van der Waals surface area contributed by atoms with Crippen LogP contribution in [-0.4, -0.2) is 86.4 Å². The molecule has 2 amide bonds. The van der Waals surface area contributed by atoms with Crippen LogP contribution in [0.3, 0.4) is 0 Å². The van der Waals surface area contributed by atoms with Crippen LogP contribution >= 0.6 is 0 Å². The molecule has 2 saturated heterocycles. The number of alkyl halides is 3. The zero-order chi connectivity index (χ0) is 31.9. The van der Waals surface area contributed by atoms with E-state index in [2.05, 4.69) is 20.4 Å². The van der Waals surface area contributed by atoms with Gasteiger partial charge in [0.25, 0.3) is 11.8 Å². The van der Waals surface area contributed by atoms with Crippen molar-refractivity contribution in [1.82, 2.24) is 19.8 Å². The first-order valence-electron chi connectivity index (χ1n) is 14.2. The number of hydrogen-bond donors (Lipinski definition) is 2. The number of amidine groups is 1. The molecule has 3 aliphatic rings. The van der Waals surface area contributed by atoms with Crippen LogP contribution in [0.2, 0.25) is 0 Å². The third-order valence-corrected chi connectivity index (χ3v) is 9.93. The lowest BCUT2D eigenvalue weighted by molar-refractivity contribution is -0.274. The van der Waals surface area contributed by atoms with E-state index in [4.69, 9.17) is 0 Å². The average Bonchev–Trinajstić information content (AvgIpc) is 3.56. The first kappa shape index (κ1) is 31.7. The van der Waals surface area contributed by atoms with E-state index < -0.39 is 33.6 Å². The standard InChI is InChI=1S/C30H34F3N5O5S/c1-19-15-22(27(39)37-11-7-23(18-37)34-3)16-20(2)25(19)8-14-44(41,42)38-12-9-29(10-13-38)28(40)35-26(36-29)21-5-4-6-24(17-21)43-30(31,32)33/h4-6,8,14-17,23,34H,7,9-13,18H2,1-3H3,(H,35,36,40). The number of aliphatic imine (C=N–C) groups is 1. The molecule has 0 aliphatic carbocycles.